The first kappa shape index (κ1) is 13.4. The van der Waals surface area contributed by atoms with Crippen molar-refractivity contribution in [3.8, 4) is 11.5 Å². The summed E-state index contributed by atoms with van der Waals surface area (Å²) in [6, 6.07) is 11.7. The molecule has 100 valence electrons. The lowest BCUT2D eigenvalue weighted by atomic mass is 9.98. The van der Waals surface area contributed by atoms with Gasteiger partial charge in [0.25, 0.3) is 0 Å². The molecule has 0 aromatic heterocycles. The van der Waals surface area contributed by atoms with Gasteiger partial charge in [-0.15, -0.1) is 0 Å². The summed E-state index contributed by atoms with van der Waals surface area (Å²) in [6.45, 7) is 0. The number of nitrogens with two attached hydrogens (primary N) is 1. The second kappa shape index (κ2) is 5.71. The molecule has 0 amide bonds. The maximum Gasteiger partial charge on any atom is 0.165 e. The zero-order chi connectivity index (χ0) is 13.8. The Morgan fingerprint density at radius 2 is 1.68 bits per heavy atom. The molecule has 0 heterocycles. The van der Waals surface area contributed by atoms with E-state index in [0.717, 1.165) is 5.56 Å². The molecule has 0 fully saturated rings. The van der Waals surface area contributed by atoms with Crippen molar-refractivity contribution in [3.05, 3.63) is 59.4 Å². The van der Waals surface area contributed by atoms with E-state index in [1.165, 1.54) is 13.2 Å². The van der Waals surface area contributed by atoms with E-state index >= 15 is 0 Å². The van der Waals surface area contributed by atoms with E-state index in [1.54, 1.807) is 19.2 Å². The minimum Gasteiger partial charge on any atom is -0.496 e. The molecule has 0 spiro atoms. The van der Waals surface area contributed by atoms with Crippen molar-refractivity contribution in [2.75, 3.05) is 14.2 Å². The average molecular weight is 261 g/mol. The Morgan fingerprint density at radius 1 is 1.00 bits per heavy atom. The molecule has 2 rings (SSSR count). The number of hydrogen-bond acceptors (Lipinski definition) is 3. The van der Waals surface area contributed by atoms with Crippen molar-refractivity contribution < 1.29 is 13.9 Å². The Kier molecular flexibility index (Phi) is 4.02. The second-order valence-corrected chi connectivity index (χ2v) is 4.11. The number of para-hydroxylation sites is 1. The van der Waals surface area contributed by atoms with E-state index in [4.69, 9.17) is 15.2 Å². The van der Waals surface area contributed by atoms with Crippen LogP contribution in [0.5, 0.6) is 11.5 Å². The summed E-state index contributed by atoms with van der Waals surface area (Å²) in [5, 5.41) is 0. The lowest BCUT2D eigenvalue weighted by Crippen LogP contribution is -2.13. The quantitative estimate of drug-likeness (QED) is 0.920. The van der Waals surface area contributed by atoms with Gasteiger partial charge in [-0.2, -0.15) is 0 Å². The fraction of sp³-hybridized carbons (Fsp3) is 0.200. The topological polar surface area (TPSA) is 44.5 Å². The zero-order valence-corrected chi connectivity index (χ0v) is 10.9. The van der Waals surface area contributed by atoms with Crippen LogP contribution in [-0.4, -0.2) is 14.2 Å². The molecule has 0 saturated carbocycles. The van der Waals surface area contributed by atoms with Gasteiger partial charge in [0.1, 0.15) is 5.75 Å². The predicted molar refractivity (Wildman–Crippen MR) is 72.0 cm³/mol. The third kappa shape index (κ3) is 2.69. The molecular weight excluding hydrogens is 245 g/mol. The molecule has 2 aromatic rings. The van der Waals surface area contributed by atoms with Gasteiger partial charge in [0.05, 0.1) is 20.3 Å². The Morgan fingerprint density at radius 3 is 2.32 bits per heavy atom. The minimum absolute atomic E-state index is 0.205. The standard InChI is InChI=1S/C15H16FNO2/c1-18-13-6-4-3-5-11(13)15(17)10-7-8-14(19-2)12(16)9-10/h3-9,15H,17H2,1-2H3. The number of methoxy groups -OCH3 is 2. The molecule has 0 radical (unpaired) electrons. The van der Waals surface area contributed by atoms with E-state index in [1.807, 2.05) is 24.3 Å². The number of hydrogen-bond donors (Lipinski definition) is 1. The Balaban J connectivity index is 2.38. The molecule has 2 aromatic carbocycles. The van der Waals surface area contributed by atoms with Crippen molar-refractivity contribution in [3.63, 3.8) is 0 Å². The normalized spacial score (nSPS) is 12.0. The summed E-state index contributed by atoms with van der Waals surface area (Å²) in [4.78, 5) is 0. The van der Waals surface area contributed by atoms with Crippen molar-refractivity contribution in [2.45, 2.75) is 6.04 Å². The van der Waals surface area contributed by atoms with E-state index < -0.39 is 11.9 Å². The van der Waals surface area contributed by atoms with Crippen molar-refractivity contribution >= 4 is 0 Å². The first-order valence-electron chi connectivity index (χ1n) is 5.89. The SMILES string of the molecule is COc1ccc(C(N)c2ccccc2OC)cc1F. The molecule has 0 aliphatic carbocycles. The first-order valence-corrected chi connectivity index (χ1v) is 5.89. The summed E-state index contributed by atoms with van der Waals surface area (Å²) in [5.41, 5.74) is 7.65. The van der Waals surface area contributed by atoms with Crippen LogP contribution in [0.25, 0.3) is 0 Å². The Hall–Kier alpha value is -2.07. The van der Waals surface area contributed by atoms with Gasteiger partial charge < -0.3 is 15.2 Å². The van der Waals surface area contributed by atoms with Gasteiger partial charge in [-0.05, 0) is 23.8 Å². The fourth-order valence-electron chi connectivity index (χ4n) is 1.98. The highest BCUT2D eigenvalue weighted by atomic mass is 19.1. The maximum absolute atomic E-state index is 13.7. The average Bonchev–Trinajstić information content (AvgIpc) is 2.46. The van der Waals surface area contributed by atoms with Crippen LogP contribution in [-0.2, 0) is 0 Å². The van der Waals surface area contributed by atoms with Crippen molar-refractivity contribution in [2.24, 2.45) is 5.73 Å². The fourth-order valence-corrected chi connectivity index (χ4v) is 1.98. The Labute approximate surface area is 111 Å². The number of ether oxygens (including phenoxy) is 2. The van der Waals surface area contributed by atoms with Crippen LogP contribution >= 0.6 is 0 Å². The second-order valence-electron chi connectivity index (χ2n) is 4.11. The molecule has 0 aliphatic rings. The number of halogens is 1. The van der Waals surface area contributed by atoms with Crippen LogP contribution in [0, 0.1) is 5.82 Å². The molecule has 2 N–H and O–H groups in total. The summed E-state index contributed by atoms with van der Waals surface area (Å²) in [7, 11) is 3.01. The van der Waals surface area contributed by atoms with E-state index in [9.17, 15) is 4.39 Å². The van der Waals surface area contributed by atoms with Crippen LogP contribution in [0.4, 0.5) is 4.39 Å². The number of benzene rings is 2. The maximum atomic E-state index is 13.7. The summed E-state index contributed by atoms with van der Waals surface area (Å²) < 4.78 is 23.9. The third-order valence-electron chi connectivity index (χ3n) is 3.01. The first-order chi connectivity index (χ1) is 9.17. The van der Waals surface area contributed by atoms with Crippen molar-refractivity contribution in [1.29, 1.82) is 0 Å². The largest absolute Gasteiger partial charge is 0.496 e. The lowest BCUT2D eigenvalue weighted by Gasteiger charge is -2.16. The Bertz CT molecular complexity index is 572. The van der Waals surface area contributed by atoms with Crippen LogP contribution in [0.1, 0.15) is 17.2 Å². The van der Waals surface area contributed by atoms with Crippen LogP contribution in [0.2, 0.25) is 0 Å². The van der Waals surface area contributed by atoms with Gasteiger partial charge in [-0.1, -0.05) is 24.3 Å². The highest BCUT2D eigenvalue weighted by Crippen LogP contribution is 2.29. The van der Waals surface area contributed by atoms with Crippen LogP contribution < -0.4 is 15.2 Å². The van der Waals surface area contributed by atoms with E-state index in [-0.39, 0.29) is 5.75 Å². The van der Waals surface area contributed by atoms with Crippen LogP contribution in [0.15, 0.2) is 42.5 Å². The molecule has 0 aliphatic heterocycles. The number of rotatable bonds is 4. The molecule has 19 heavy (non-hydrogen) atoms. The van der Waals surface area contributed by atoms with Gasteiger partial charge in [0, 0.05) is 5.56 Å². The van der Waals surface area contributed by atoms with Gasteiger partial charge in [-0.3, -0.25) is 0 Å². The molecule has 0 bridgehead atoms. The van der Waals surface area contributed by atoms with E-state index in [0.29, 0.717) is 11.3 Å². The third-order valence-corrected chi connectivity index (χ3v) is 3.01. The minimum atomic E-state index is -0.448. The predicted octanol–water partition coefficient (Wildman–Crippen LogP) is 2.89. The summed E-state index contributed by atoms with van der Waals surface area (Å²) >= 11 is 0. The molecule has 0 saturated heterocycles. The molecule has 3 nitrogen and oxygen atoms in total. The van der Waals surface area contributed by atoms with Gasteiger partial charge in [0.2, 0.25) is 0 Å². The van der Waals surface area contributed by atoms with Gasteiger partial charge in [-0.25, -0.2) is 4.39 Å². The van der Waals surface area contributed by atoms with Gasteiger partial charge in [0.15, 0.2) is 11.6 Å². The highest BCUT2D eigenvalue weighted by molar-refractivity contribution is 5.42. The zero-order valence-electron chi connectivity index (χ0n) is 10.9. The molecular formula is C15H16FNO2. The molecule has 1 unspecified atom stereocenters. The monoisotopic (exact) mass is 261 g/mol. The van der Waals surface area contributed by atoms with Crippen LogP contribution in [0.3, 0.4) is 0 Å². The highest BCUT2D eigenvalue weighted by Gasteiger charge is 2.15. The molecule has 4 heteroatoms. The lowest BCUT2D eigenvalue weighted by molar-refractivity contribution is 0.386. The van der Waals surface area contributed by atoms with Crippen molar-refractivity contribution in [1.82, 2.24) is 0 Å². The van der Waals surface area contributed by atoms with E-state index in [2.05, 4.69) is 0 Å². The summed E-state index contributed by atoms with van der Waals surface area (Å²) in [6.07, 6.45) is 0. The summed E-state index contributed by atoms with van der Waals surface area (Å²) in [5.74, 6) is 0.465. The smallest absolute Gasteiger partial charge is 0.165 e. The van der Waals surface area contributed by atoms with Gasteiger partial charge >= 0.3 is 0 Å². The molecule has 1 atom stereocenters.